The van der Waals surface area contributed by atoms with Crippen molar-refractivity contribution in [2.45, 2.75) is 58.3 Å². The lowest BCUT2D eigenvalue weighted by Gasteiger charge is -2.28. The number of aryl methyl sites for hydroxylation is 1. The van der Waals surface area contributed by atoms with E-state index in [1.807, 2.05) is 18.2 Å². The number of nitriles is 1. The molecule has 1 heteroatoms. The molecule has 0 unspecified atom stereocenters. The summed E-state index contributed by atoms with van der Waals surface area (Å²) in [4.78, 5) is 0. The normalized spacial score (nSPS) is 21.1. The zero-order valence-corrected chi connectivity index (χ0v) is 13.1. The molecule has 0 amide bonds. The Morgan fingerprint density at radius 2 is 1.62 bits per heavy atom. The smallest absolute Gasteiger partial charge is 0.152 e. The van der Waals surface area contributed by atoms with Crippen LogP contribution in [0, 0.1) is 35.0 Å². The fourth-order valence-electron chi connectivity index (χ4n) is 3.44. The Morgan fingerprint density at radius 3 is 2.19 bits per heavy atom. The number of benzene rings is 1. The van der Waals surface area contributed by atoms with Crippen molar-refractivity contribution >= 4 is 0 Å². The lowest BCUT2D eigenvalue weighted by molar-refractivity contribution is 0.252. The summed E-state index contributed by atoms with van der Waals surface area (Å²) in [5.74, 6) is 7.20. The molecule has 0 bridgehead atoms. The molecular formula is C20H25N. The van der Waals surface area contributed by atoms with E-state index in [-0.39, 0.29) is 0 Å². The summed E-state index contributed by atoms with van der Waals surface area (Å²) in [5.41, 5.74) is 2.33. The topological polar surface area (TPSA) is 23.8 Å². The van der Waals surface area contributed by atoms with Crippen LogP contribution in [0.1, 0.15) is 63.0 Å². The van der Waals surface area contributed by atoms with Crippen molar-refractivity contribution in [2.24, 2.45) is 11.8 Å². The fourth-order valence-corrected chi connectivity index (χ4v) is 3.44. The minimum atomic E-state index is 0.927. The molecule has 1 aliphatic carbocycles. The van der Waals surface area contributed by atoms with Crippen LogP contribution in [0.3, 0.4) is 0 Å². The first-order valence-corrected chi connectivity index (χ1v) is 8.31. The number of hydrogen-bond donors (Lipinski definition) is 0. The highest BCUT2D eigenvalue weighted by Crippen LogP contribution is 2.33. The minimum absolute atomic E-state index is 0.927. The lowest BCUT2D eigenvalue weighted by atomic mass is 9.78. The van der Waals surface area contributed by atoms with Gasteiger partial charge in [-0.2, -0.15) is 5.26 Å². The van der Waals surface area contributed by atoms with Gasteiger partial charge in [0.05, 0.1) is 0 Å². The lowest BCUT2D eigenvalue weighted by Crippen LogP contribution is -2.15. The second-order valence-corrected chi connectivity index (χ2v) is 6.27. The Kier molecular flexibility index (Phi) is 6.36. The van der Waals surface area contributed by atoms with Crippen LogP contribution in [-0.4, -0.2) is 0 Å². The van der Waals surface area contributed by atoms with Gasteiger partial charge in [-0.05, 0) is 42.4 Å². The van der Waals surface area contributed by atoms with E-state index in [0.717, 1.165) is 17.4 Å². The molecule has 0 heterocycles. The maximum atomic E-state index is 8.44. The first kappa shape index (κ1) is 15.7. The first-order chi connectivity index (χ1) is 10.3. The van der Waals surface area contributed by atoms with Crippen LogP contribution >= 0.6 is 0 Å². The predicted molar refractivity (Wildman–Crippen MR) is 87.6 cm³/mol. The van der Waals surface area contributed by atoms with Crippen LogP contribution in [0.15, 0.2) is 24.3 Å². The molecule has 0 N–H and O–H groups in total. The second-order valence-electron chi connectivity index (χ2n) is 6.27. The molecule has 1 fully saturated rings. The second kappa shape index (κ2) is 8.53. The van der Waals surface area contributed by atoms with E-state index in [1.54, 1.807) is 0 Å². The standard InChI is InChI=1S/C20H25N/c1-2-4-17-6-10-19(11-7-17)14-15-20-12-8-18(9-13-20)5-3-16-21/h8-9,12-13,17,19H,2,4,6-7,10-11,14-15H2,1H3. The fraction of sp³-hybridized carbons (Fsp3) is 0.550. The van der Waals surface area contributed by atoms with Crippen LogP contribution in [0.5, 0.6) is 0 Å². The third-order valence-corrected chi connectivity index (χ3v) is 4.72. The predicted octanol–water partition coefficient (Wildman–Crippen LogP) is 5.10. The Bertz CT molecular complexity index is 516. The highest BCUT2D eigenvalue weighted by atomic mass is 14.3. The van der Waals surface area contributed by atoms with Crippen molar-refractivity contribution in [3.05, 3.63) is 35.4 Å². The third kappa shape index (κ3) is 5.28. The van der Waals surface area contributed by atoms with Crippen molar-refractivity contribution in [3.8, 4) is 17.9 Å². The van der Waals surface area contributed by atoms with E-state index in [2.05, 4.69) is 30.9 Å². The summed E-state index contributed by atoms with van der Waals surface area (Å²) < 4.78 is 0. The van der Waals surface area contributed by atoms with Crippen molar-refractivity contribution in [1.29, 1.82) is 5.26 Å². The van der Waals surface area contributed by atoms with Gasteiger partial charge in [0.25, 0.3) is 0 Å². The Morgan fingerprint density at radius 1 is 1.00 bits per heavy atom. The van der Waals surface area contributed by atoms with Gasteiger partial charge in [0.2, 0.25) is 0 Å². The van der Waals surface area contributed by atoms with E-state index in [4.69, 9.17) is 5.26 Å². The van der Waals surface area contributed by atoms with Gasteiger partial charge in [0.15, 0.2) is 6.07 Å². The molecule has 2 rings (SSSR count). The van der Waals surface area contributed by atoms with Gasteiger partial charge >= 0.3 is 0 Å². The maximum absolute atomic E-state index is 8.44. The molecule has 0 atom stereocenters. The Balaban J connectivity index is 1.75. The molecule has 0 spiro atoms. The number of hydrogen-bond acceptors (Lipinski definition) is 1. The summed E-state index contributed by atoms with van der Waals surface area (Å²) >= 11 is 0. The van der Waals surface area contributed by atoms with E-state index in [9.17, 15) is 0 Å². The van der Waals surface area contributed by atoms with Gasteiger partial charge < -0.3 is 0 Å². The average molecular weight is 279 g/mol. The van der Waals surface area contributed by atoms with Gasteiger partial charge in [0.1, 0.15) is 0 Å². The molecule has 1 aliphatic rings. The van der Waals surface area contributed by atoms with E-state index < -0.39 is 0 Å². The van der Waals surface area contributed by atoms with Crippen molar-refractivity contribution in [3.63, 3.8) is 0 Å². The summed E-state index contributed by atoms with van der Waals surface area (Å²) in [6, 6.07) is 10.2. The summed E-state index contributed by atoms with van der Waals surface area (Å²) in [7, 11) is 0. The molecule has 0 aromatic heterocycles. The molecule has 0 saturated heterocycles. The average Bonchev–Trinajstić information content (AvgIpc) is 2.53. The van der Waals surface area contributed by atoms with Gasteiger partial charge in [-0.25, -0.2) is 0 Å². The monoisotopic (exact) mass is 279 g/mol. The van der Waals surface area contributed by atoms with Gasteiger partial charge in [-0.15, -0.1) is 0 Å². The van der Waals surface area contributed by atoms with Crippen LogP contribution in [-0.2, 0) is 6.42 Å². The van der Waals surface area contributed by atoms with Crippen LogP contribution in [0.25, 0.3) is 0 Å². The highest BCUT2D eigenvalue weighted by Gasteiger charge is 2.20. The van der Waals surface area contributed by atoms with Crippen molar-refractivity contribution in [2.75, 3.05) is 0 Å². The molecule has 1 nitrogen and oxygen atoms in total. The summed E-state index contributed by atoms with van der Waals surface area (Å²) in [6.45, 7) is 2.30. The Labute approximate surface area is 129 Å². The molecule has 0 radical (unpaired) electrons. The molecule has 0 aliphatic heterocycles. The van der Waals surface area contributed by atoms with E-state index in [0.29, 0.717) is 0 Å². The minimum Gasteiger partial charge on any atom is -0.183 e. The van der Waals surface area contributed by atoms with Crippen molar-refractivity contribution in [1.82, 2.24) is 0 Å². The zero-order valence-electron chi connectivity index (χ0n) is 13.1. The first-order valence-electron chi connectivity index (χ1n) is 8.31. The van der Waals surface area contributed by atoms with Crippen LogP contribution in [0.4, 0.5) is 0 Å². The quantitative estimate of drug-likeness (QED) is 0.688. The SMILES string of the molecule is CCCC1CCC(CCc2ccc(C#CC#N)cc2)CC1. The van der Waals surface area contributed by atoms with Gasteiger partial charge in [-0.1, -0.05) is 63.5 Å². The van der Waals surface area contributed by atoms with E-state index >= 15 is 0 Å². The summed E-state index contributed by atoms with van der Waals surface area (Å²) in [5, 5.41) is 8.44. The third-order valence-electron chi connectivity index (χ3n) is 4.72. The largest absolute Gasteiger partial charge is 0.183 e. The van der Waals surface area contributed by atoms with Crippen LogP contribution < -0.4 is 0 Å². The molecule has 1 saturated carbocycles. The highest BCUT2D eigenvalue weighted by molar-refractivity contribution is 5.39. The summed E-state index contributed by atoms with van der Waals surface area (Å²) in [6.07, 6.45) is 11.0. The maximum Gasteiger partial charge on any atom is 0.152 e. The van der Waals surface area contributed by atoms with Gasteiger partial charge in [0, 0.05) is 11.5 Å². The molecule has 1 aromatic rings. The van der Waals surface area contributed by atoms with E-state index in [1.165, 1.54) is 56.9 Å². The van der Waals surface area contributed by atoms with Crippen LogP contribution in [0.2, 0.25) is 0 Å². The Hall–Kier alpha value is -1.73. The molecule has 1 aromatic carbocycles. The van der Waals surface area contributed by atoms with Gasteiger partial charge in [-0.3, -0.25) is 0 Å². The molecular weight excluding hydrogens is 254 g/mol. The van der Waals surface area contributed by atoms with Crippen molar-refractivity contribution < 1.29 is 0 Å². The molecule has 110 valence electrons. The number of nitrogens with zero attached hydrogens (tertiary/aromatic N) is 1. The number of rotatable bonds is 5. The molecule has 21 heavy (non-hydrogen) atoms. The zero-order chi connectivity index (χ0) is 14.9.